The number of fused-ring (bicyclic) bond motifs is 1. The number of aromatic nitrogens is 3. The number of benzene rings is 1. The standard InChI is InChI=1S/C17H16BrN3/c1-17(7-2-8-17)14-5-3-12(4-6-14)13-9-19-16-15(18)10-20-21(16)11-13/h3-6,9-11H,2,7-8H2,1H3. The smallest absolute Gasteiger partial charge is 0.169 e. The highest BCUT2D eigenvalue weighted by Gasteiger charge is 2.33. The summed E-state index contributed by atoms with van der Waals surface area (Å²) in [7, 11) is 0. The van der Waals surface area contributed by atoms with Crippen LogP contribution in [0.15, 0.2) is 47.3 Å². The lowest BCUT2D eigenvalue weighted by atomic mass is 9.66. The van der Waals surface area contributed by atoms with Crippen LogP contribution in [0.5, 0.6) is 0 Å². The van der Waals surface area contributed by atoms with Gasteiger partial charge in [-0.05, 0) is 45.3 Å². The van der Waals surface area contributed by atoms with Gasteiger partial charge in [0.1, 0.15) is 0 Å². The summed E-state index contributed by atoms with van der Waals surface area (Å²) in [5.74, 6) is 0. The Morgan fingerprint density at radius 1 is 1.10 bits per heavy atom. The molecule has 0 spiro atoms. The van der Waals surface area contributed by atoms with Gasteiger partial charge in [0, 0.05) is 18.0 Å². The van der Waals surface area contributed by atoms with Crippen LogP contribution < -0.4 is 0 Å². The number of rotatable bonds is 2. The maximum Gasteiger partial charge on any atom is 0.169 e. The first-order valence-electron chi connectivity index (χ1n) is 7.26. The van der Waals surface area contributed by atoms with Crippen LogP contribution in [0.4, 0.5) is 0 Å². The Hall–Kier alpha value is -1.68. The van der Waals surface area contributed by atoms with Crippen LogP contribution in [0, 0.1) is 0 Å². The Bertz CT molecular complexity index is 801. The minimum Gasteiger partial charge on any atom is -0.235 e. The molecule has 0 amide bonds. The highest BCUT2D eigenvalue weighted by Crippen LogP contribution is 2.43. The highest BCUT2D eigenvalue weighted by molar-refractivity contribution is 9.10. The third-order valence-electron chi connectivity index (χ3n) is 4.69. The molecule has 4 rings (SSSR count). The maximum absolute atomic E-state index is 4.47. The van der Waals surface area contributed by atoms with E-state index in [1.165, 1.54) is 30.4 Å². The van der Waals surface area contributed by atoms with Gasteiger partial charge >= 0.3 is 0 Å². The monoisotopic (exact) mass is 341 g/mol. The zero-order valence-electron chi connectivity index (χ0n) is 11.9. The first kappa shape index (κ1) is 13.0. The molecular weight excluding hydrogens is 326 g/mol. The molecule has 0 unspecified atom stereocenters. The Morgan fingerprint density at radius 2 is 1.86 bits per heavy atom. The molecule has 3 aromatic rings. The second-order valence-electron chi connectivity index (χ2n) is 6.09. The fraction of sp³-hybridized carbons (Fsp3) is 0.294. The van der Waals surface area contributed by atoms with Crippen molar-refractivity contribution < 1.29 is 0 Å². The number of halogens is 1. The van der Waals surface area contributed by atoms with E-state index < -0.39 is 0 Å². The predicted molar refractivity (Wildman–Crippen MR) is 87.3 cm³/mol. The van der Waals surface area contributed by atoms with Gasteiger partial charge in [-0.3, -0.25) is 0 Å². The van der Waals surface area contributed by atoms with Crippen LogP contribution in [-0.2, 0) is 5.41 Å². The van der Waals surface area contributed by atoms with Crippen molar-refractivity contribution in [1.82, 2.24) is 14.6 Å². The van der Waals surface area contributed by atoms with Gasteiger partial charge in [0.15, 0.2) is 5.65 Å². The van der Waals surface area contributed by atoms with E-state index >= 15 is 0 Å². The molecule has 0 aliphatic heterocycles. The predicted octanol–water partition coefficient (Wildman–Crippen LogP) is 4.60. The summed E-state index contributed by atoms with van der Waals surface area (Å²) in [6, 6.07) is 8.91. The first-order valence-corrected chi connectivity index (χ1v) is 8.05. The molecule has 0 bridgehead atoms. The molecule has 1 saturated carbocycles. The first-order chi connectivity index (χ1) is 10.2. The SMILES string of the molecule is CC1(c2ccc(-c3cnc4c(Br)cnn4c3)cc2)CCC1. The van der Waals surface area contributed by atoms with E-state index in [2.05, 4.69) is 57.2 Å². The van der Waals surface area contributed by atoms with Crippen molar-refractivity contribution in [3.8, 4) is 11.1 Å². The lowest BCUT2D eigenvalue weighted by molar-refractivity contribution is 0.272. The summed E-state index contributed by atoms with van der Waals surface area (Å²) in [6.45, 7) is 2.36. The molecule has 4 heteroatoms. The Morgan fingerprint density at radius 3 is 2.52 bits per heavy atom. The zero-order chi connectivity index (χ0) is 14.4. The largest absolute Gasteiger partial charge is 0.235 e. The van der Waals surface area contributed by atoms with Crippen LogP contribution in [-0.4, -0.2) is 14.6 Å². The molecule has 1 aliphatic rings. The maximum atomic E-state index is 4.47. The van der Waals surface area contributed by atoms with Crippen molar-refractivity contribution in [3.63, 3.8) is 0 Å². The number of hydrogen-bond donors (Lipinski definition) is 0. The van der Waals surface area contributed by atoms with E-state index in [1.54, 1.807) is 10.7 Å². The van der Waals surface area contributed by atoms with E-state index in [9.17, 15) is 0 Å². The third-order valence-corrected chi connectivity index (χ3v) is 5.25. The van der Waals surface area contributed by atoms with Gasteiger partial charge in [0.05, 0.1) is 10.7 Å². The molecule has 2 heterocycles. The van der Waals surface area contributed by atoms with Gasteiger partial charge in [0.2, 0.25) is 0 Å². The van der Waals surface area contributed by atoms with E-state index in [0.717, 1.165) is 15.7 Å². The average Bonchev–Trinajstić information content (AvgIpc) is 2.86. The van der Waals surface area contributed by atoms with Gasteiger partial charge in [0.25, 0.3) is 0 Å². The quantitative estimate of drug-likeness (QED) is 0.681. The summed E-state index contributed by atoms with van der Waals surface area (Å²) in [6.07, 6.45) is 9.66. The molecule has 1 aromatic carbocycles. The van der Waals surface area contributed by atoms with Crippen LogP contribution >= 0.6 is 15.9 Å². The van der Waals surface area contributed by atoms with Gasteiger partial charge in [-0.25, -0.2) is 9.50 Å². The second kappa shape index (κ2) is 4.67. The lowest BCUT2D eigenvalue weighted by Gasteiger charge is -2.39. The Labute approximate surface area is 132 Å². The van der Waals surface area contributed by atoms with Crippen LogP contribution in [0.2, 0.25) is 0 Å². The Kier molecular flexibility index (Phi) is 2.89. The van der Waals surface area contributed by atoms with Crippen molar-refractivity contribution in [2.75, 3.05) is 0 Å². The van der Waals surface area contributed by atoms with Gasteiger partial charge in [-0.1, -0.05) is 37.6 Å². The van der Waals surface area contributed by atoms with E-state index in [-0.39, 0.29) is 0 Å². The topological polar surface area (TPSA) is 30.2 Å². The minimum atomic E-state index is 0.396. The number of nitrogens with zero attached hydrogens (tertiary/aromatic N) is 3. The molecule has 0 radical (unpaired) electrons. The van der Waals surface area contributed by atoms with Crippen LogP contribution in [0.3, 0.4) is 0 Å². The minimum absolute atomic E-state index is 0.396. The van der Waals surface area contributed by atoms with Crippen molar-refractivity contribution in [2.24, 2.45) is 0 Å². The van der Waals surface area contributed by atoms with E-state index in [0.29, 0.717) is 5.41 Å². The molecule has 2 aromatic heterocycles. The number of hydrogen-bond acceptors (Lipinski definition) is 2. The van der Waals surface area contributed by atoms with Crippen molar-refractivity contribution >= 4 is 21.6 Å². The summed E-state index contributed by atoms with van der Waals surface area (Å²) in [4.78, 5) is 4.47. The van der Waals surface area contributed by atoms with Crippen molar-refractivity contribution in [2.45, 2.75) is 31.6 Å². The Balaban J connectivity index is 1.71. The molecule has 3 nitrogen and oxygen atoms in total. The molecular formula is C17H16BrN3. The molecule has 0 saturated heterocycles. The molecule has 1 fully saturated rings. The van der Waals surface area contributed by atoms with E-state index in [1.807, 2.05) is 12.4 Å². The second-order valence-corrected chi connectivity index (χ2v) is 6.95. The van der Waals surface area contributed by atoms with Crippen LogP contribution in [0.25, 0.3) is 16.8 Å². The highest BCUT2D eigenvalue weighted by atomic mass is 79.9. The summed E-state index contributed by atoms with van der Waals surface area (Å²) < 4.78 is 2.72. The zero-order valence-corrected chi connectivity index (χ0v) is 13.5. The van der Waals surface area contributed by atoms with Crippen molar-refractivity contribution in [1.29, 1.82) is 0 Å². The van der Waals surface area contributed by atoms with Crippen molar-refractivity contribution in [3.05, 3.63) is 52.9 Å². The van der Waals surface area contributed by atoms with Gasteiger partial charge < -0.3 is 0 Å². The summed E-state index contributed by atoms with van der Waals surface area (Å²) in [5.41, 5.74) is 4.96. The molecule has 0 N–H and O–H groups in total. The molecule has 0 atom stereocenters. The fourth-order valence-corrected chi connectivity index (χ4v) is 3.43. The summed E-state index contributed by atoms with van der Waals surface area (Å²) in [5, 5.41) is 4.29. The van der Waals surface area contributed by atoms with Crippen LogP contribution in [0.1, 0.15) is 31.7 Å². The normalized spacial score (nSPS) is 16.9. The lowest BCUT2D eigenvalue weighted by Crippen LogP contribution is -2.30. The molecule has 21 heavy (non-hydrogen) atoms. The van der Waals surface area contributed by atoms with E-state index in [4.69, 9.17) is 0 Å². The van der Waals surface area contributed by atoms with Gasteiger partial charge in [-0.2, -0.15) is 5.10 Å². The average molecular weight is 342 g/mol. The fourth-order valence-electron chi connectivity index (χ4n) is 3.06. The summed E-state index contributed by atoms with van der Waals surface area (Å²) >= 11 is 3.45. The molecule has 1 aliphatic carbocycles. The molecule has 106 valence electrons. The van der Waals surface area contributed by atoms with Gasteiger partial charge in [-0.15, -0.1) is 0 Å². The third kappa shape index (κ3) is 2.09.